The summed E-state index contributed by atoms with van der Waals surface area (Å²) >= 11 is 0. The molecule has 308 valence electrons. The first kappa shape index (κ1) is 45.9. The molecule has 6 amide bonds. The average molecular weight is 781 g/mol. The number of nitrogens with one attached hydrogen (secondary N) is 4. The van der Waals surface area contributed by atoms with Crippen LogP contribution in [0.1, 0.15) is 81.9 Å². The number of carbonyl (C=O) groups is 6. The maximum Gasteiger partial charge on any atom is 0.414 e. The maximum atomic E-state index is 13.0. The molecule has 0 aliphatic carbocycles. The SMILES string of the molecule is CC(C)[C@H](NC(=O)OC[C@H]1C[C@H](n2ccc(N=CN(C)C)nc2=O)O[C@@H]1COC(=O)N[C@H](C(=O)NC(=O)OC(C)(C)C)C(C)C)C(=O)NC(=O)OC(C)(C)C. The van der Waals surface area contributed by atoms with Crippen LogP contribution in [-0.2, 0) is 33.3 Å². The first-order chi connectivity index (χ1) is 25.3. The number of hydrogen-bond donors (Lipinski definition) is 4. The highest BCUT2D eigenvalue weighted by Gasteiger charge is 2.39. The van der Waals surface area contributed by atoms with Crippen LogP contribution in [0, 0.1) is 17.8 Å². The Morgan fingerprint density at radius 3 is 1.75 bits per heavy atom. The van der Waals surface area contributed by atoms with Crippen molar-refractivity contribution in [1.82, 2.24) is 35.7 Å². The molecule has 0 bridgehead atoms. The number of ether oxygens (including phenoxy) is 5. The Balaban J connectivity index is 2.20. The Morgan fingerprint density at radius 1 is 0.855 bits per heavy atom. The first-order valence-electron chi connectivity index (χ1n) is 17.7. The Hall–Kier alpha value is -5.27. The van der Waals surface area contributed by atoms with Crippen LogP contribution in [0.25, 0.3) is 0 Å². The summed E-state index contributed by atoms with van der Waals surface area (Å²) in [7, 11) is 3.51. The predicted octanol–water partition coefficient (Wildman–Crippen LogP) is 2.97. The molecule has 2 rings (SSSR count). The van der Waals surface area contributed by atoms with E-state index in [9.17, 15) is 33.6 Å². The Bertz CT molecular complexity index is 1530. The minimum absolute atomic E-state index is 0.102. The molecule has 0 saturated carbocycles. The number of rotatable bonds is 13. The monoisotopic (exact) mass is 780 g/mol. The number of aliphatic imine (C=N–C) groups is 1. The van der Waals surface area contributed by atoms with Crippen LogP contribution in [0.5, 0.6) is 0 Å². The topological polar surface area (TPSA) is 247 Å². The van der Waals surface area contributed by atoms with E-state index in [-0.39, 0.29) is 18.8 Å². The molecule has 55 heavy (non-hydrogen) atoms. The highest BCUT2D eigenvalue weighted by Crippen LogP contribution is 2.33. The van der Waals surface area contributed by atoms with E-state index in [2.05, 4.69) is 31.2 Å². The molecule has 1 aromatic heterocycles. The number of aromatic nitrogens is 2. The van der Waals surface area contributed by atoms with Crippen LogP contribution in [0.4, 0.5) is 25.0 Å². The zero-order valence-corrected chi connectivity index (χ0v) is 33.6. The standard InChI is InChI=1S/C35H56N8O12/c1-19(2)25(27(44)40-32(49)54-34(5,6)7)38-30(47)51-16-21-15-24(43-14-13-23(37-29(43)46)36-18-42(11)12)53-22(21)17-52-31(48)39-26(20(3)4)28(45)41-33(50)55-35(8,9)10/h13-14,18-22,24-26H,15-17H2,1-12H3,(H,38,47)(H,39,48)(H,40,44,49)(H,41,45,50)/t21-,22-,24-,25+,26+/m1/s1. The number of amides is 6. The molecule has 0 aromatic carbocycles. The molecule has 4 N–H and O–H groups in total. The van der Waals surface area contributed by atoms with Crippen molar-refractivity contribution in [2.24, 2.45) is 22.7 Å². The molecule has 1 fully saturated rings. The smallest absolute Gasteiger partial charge is 0.414 e. The van der Waals surface area contributed by atoms with Gasteiger partial charge in [-0.3, -0.25) is 24.8 Å². The van der Waals surface area contributed by atoms with Gasteiger partial charge < -0.3 is 39.2 Å². The minimum atomic E-state index is -1.18. The second kappa shape index (κ2) is 19.9. The number of imide groups is 2. The third-order valence-electron chi connectivity index (χ3n) is 7.41. The van der Waals surface area contributed by atoms with Gasteiger partial charge in [0.1, 0.15) is 42.2 Å². The molecule has 1 aliphatic heterocycles. The molecular weight excluding hydrogens is 724 g/mol. The largest absolute Gasteiger partial charge is 0.449 e. The van der Waals surface area contributed by atoms with Gasteiger partial charge in [-0.15, -0.1) is 0 Å². The Labute approximate surface area is 320 Å². The van der Waals surface area contributed by atoms with Gasteiger partial charge in [0.05, 0.1) is 12.9 Å². The normalized spacial score (nSPS) is 18.3. The molecule has 2 heterocycles. The summed E-state index contributed by atoms with van der Waals surface area (Å²) in [5.41, 5.74) is -2.40. The fourth-order valence-corrected chi connectivity index (χ4v) is 4.89. The van der Waals surface area contributed by atoms with Gasteiger partial charge in [-0.25, -0.2) is 29.0 Å². The lowest BCUT2D eigenvalue weighted by Crippen LogP contribution is -2.52. The molecule has 5 atom stereocenters. The molecule has 1 aliphatic rings. The van der Waals surface area contributed by atoms with Gasteiger partial charge in [0.25, 0.3) is 11.8 Å². The van der Waals surface area contributed by atoms with E-state index in [1.165, 1.54) is 23.2 Å². The van der Waals surface area contributed by atoms with Crippen LogP contribution in [0.2, 0.25) is 0 Å². The third kappa shape index (κ3) is 16.3. The van der Waals surface area contributed by atoms with Crippen LogP contribution < -0.4 is 27.0 Å². The van der Waals surface area contributed by atoms with Crippen molar-refractivity contribution in [3.63, 3.8) is 0 Å². The molecule has 20 heteroatoms. The summed E-state index contributed by atoms with van der Waals surface area (Å²) in [6, 6.07) is -0.848. The summed E-state index contributed by atoms with van der Waals surface area (Å²) in [4.78, 5) is 98.6. The van der Waals surface area contributed by atoms with E-state index in [0.29, 0.717) is 0 Å². The quantitative estimate of drug-likeness (QED) is 0.128. The van der Waals surface area contributed by atoms with Crippen molar-refractivity contribution in [1.29, 1.82) is 0 Å². The number of alkyl carbamates (subject to hydrolysis) is 4. The minimum Gasteiger partial charge on any atom is -0.449 e. The Kier molecular flexibility index (Phi) is 16.6. The van der Waals surface area contributed by atoms with Crippen molar-refractivity contribution in [2.75, 3.05) is 27.3 Å². The molecule has 20 nitrogen and oxygen atoms in total. The van der Waals surface area contributed by atoms with Crippen LogP contribution in [-0.4, -0.2) is 114 Å². The summed E-state index contributed by atoms with van der Waals surface area (Å²) in [5, 5.41) is 9.09. The molecule has 0 unspecified atom stereocenters. The number of hydrogen-bond acceptors (Lipinski definition) is 14. The average Bonchev–Trinajstić information content (AvgIpc) is 3.43. The molecule has 0 radical (unpaired) electrons. The summed E-state index contributed by atoms with van der Waals surface area (Å²) < 4.78 is 28.4. The second-order valence-corrected chi connectivity index (χ2v) is 15.7. The van der Waals surface area contributed by atoms with E-state index in [1.807, 2.05) is 0 Å². The van der Waals surface area contributed by atoms with E-state index in [1.54, 1.807) is 88.2 Å². The van der Waals surface area contributed by atoms with E-state index >= 15 is 0 Å². The van der Waals surface area contributed by atoms with E-state index in [0.717, 1.165) is 0 Å². The predicted molar refractivity (Wildman–Crippen MR) is 197 cm³/mol. The van der Waals surface area contributed by atoms with Crippen molar-refractivity contribution < 1.29 is 52.5 Å². The van der Waals surface area contributed by atoms with Crippen molar-refractivity contribution in [3.05, 3.63) is 22.7 Å². The first-order valence-corrected chi connectivity index (χ1v) is 17.7. The summed E-state index contributed by atoms with van der Waals surface area (Å²) in [5.74, 6) is -3.06. The number of carbonyl (C=O) groups excluding carboxylic acids is 6. The van der Waals surface area contributed by atoms with Crippen molar-refractivity contribution in [2.45, 2.75) is 111 Å². The van der Waals surface area contributed by atoms with Gasteiger partial charge >= 0.3 is 30.1 Å². The van der Waals surface area contributed by atoms with Gasteiger partial charge in [0.2, 0.25) is 0 Å². The van der Waals surface area contributed by atoms with Gasteiger partial charge in [-0.05, 0) is 59.4 Å². The van der Waals surface area contributed by atoms with Crippen LogP contribution in [0.3, 0.4) is 0 Å². The van der Waals surface area contributed by atoms with Crippen molar-refractivity contribution >= 4 is 48.3 Å². The second-order valence-electron chi connectivity index (χ2n) is 15.7. The highest BCUT2D eigenvalue weighted by atomic mass is 16.6. The fourth-order valence-electron chi connectivity index (χ4n) is 4.89. The Morgan fingerprint density at radius 2 is 1.33 bits per heavy atom. The fraction of sp³-hybridized carbons (Fsp3) is 0.686. The van der Waals surface area contributed by atoms with Crippen LogP contribution in [0.15, 0.2) is 22.1 Å². The summed E-state index contributed by atoms with van der Waals surface area (Å²) in [6.07, 6.45) is -2.81. The third-order valence-corrected chi connectivity index (χ3v) is 7.41. The van der Waals surface area contributed by atoms with Gasteiger partial charge in [-0.1, -0.05) is 27.7 Å². The lowest BCUT2D eigenvalue weighted by atomic mass is 10.0. The molecular formula is C35H56N8O12. The summed E-state index contributed by atoms with van der Waals surface area (Å²) in [6.45, 7) is 15.7. The maximum absolute atomic E-state index is 13.0. The molecule has 1 aromatic rings. The zero-order valence-electron chi connectivity index (χ0n) is 33.6. The zero-order chi connectivity index (χ0) is 41.8. The number of nitrogens with zero attached hydrogens (tertiary/aromatic N) is 4. The lowest BCUT2D eigenvalue weighted by molar-refractivity contribution is -0.124. The van der Waals surface area contributed by atoms with Crippen molar-refractivity contribution in [3.8, 4) is 0 Å². The lowest BCUT2D eigenvalue weighted by Gasteiger charge is -2.24. The highest BCUT2D eigenvalue weighted by molar-refractivity contribution is 5.97. The van der Waals surface area contributed by atoms with Gasteiger partial charge in [0.15, 0.2) is 5.82 Å². The molecule has 0 spiro atoms. The van der Waals surface area contributed by atoms with E-state index < -0.39 is 102 Å². The van der Waals surface area contributed by atoms with Gasteiger partial charge in [0, 0.05) is 32.6 Å². The molecule has 1 saturated heterocycles. The van der Waals surface area contributed by atoms with Gasteiger partial charge in [-0.2, -0.15) is 4.98 Å². The van der Waals surface area contributed by atoms with E-state index in [4.69, 9.17) is 23.7 Å². The van der Waals surface area contributed by atoms with Crippen LogP contribution >= 0.6 is 0 Å².